The number of nitrogens with zero attached hydrogens (tertiary/aromatic N) is 2. The molecule has 0 spiro atoms. The second-order valence-electron chi connectivity index (χ2n) is 11.5. The Balaban J connectivity index is 1.23. The number of aliphatic hydroxyl groups is 1. The van der Waals surface area contributed by atoms with Crippen LogP contribution in [0, 0.1) is 11.8 Å². The highest BCUT2D eigenvalue weighted by Gasteiger charge is 2.55. The molecule has 2 amide bonds. The maximum Gasteiger partial charge on any atom is 0.257 e. The number of phenolic OH excluding ortho intramolecular Hbond substituents is 2. The fraction of sp³-hybridized carbons (Fsp3) is 0.643. The molecule has 2 saturated carbocycles. The first-order valence-electron chi connectivity index (χ1n) is 13.4. The Kier molecular flexibility index (Phi) is 5.68. The summed E-state index contributed by atoms with van der Waals surface area (Å²) >= 11 is 0. The molecule has 7 heteroatoms. The molecule has 0 aromatic heterocycles. The van der Waals surface area contributed by atoms with Crippen LogP contribution in [0.3, 0.4) is 0 Å². The van der Waals surface area contributed by atoms with E-state index in [-0.39, 0.29) is 41.3 Å². The lowest BCUT2D eigenvalue weighted by Gasteiger charge is -2.55. The normalized spacial score (nSPS) is 33.7. The van der Waals surface area contributed by atoms with Gasteiger partial charge in [0.15, 0.2) is 11.5 Å². The number of benzene rings is 1. The summed E-state index contributed by atoms with van der Waals surface area (Å²) in [6.07, 6.45) is 9.16. The Hall–Kier alpha value is -2.38. The molecular weight excluding hydrogens is 444 g/mol. The van der Waals surface area contributed by atoms with Gasteiger partial charge in [-0.05, 0) is 107 Å². The van der Waals surface area contributed by atoms with Crippen molar-refractivity contribution in [2.24, 2.45) is 11.8 Å². The molecule has 2 aliphatic heterocycles. The van der Waals surface area contributed by atoms with Crippen molar-refractivity contribution in [1.82, 2.24) is 9.80 Å². The van der Waals surface area contributed by atoms with Gasteiger partial charge in [0, 0.05) is 29.8 Å². The van der Waals surface area contributed by atoms with Gasteiger partial charge in [-0.3, -0.25) is 19.4 Å². The van der Waals surface area contributed by atoms with Crippen molar-refractivity contribution in [3.05, 3.63) is 34.9 Å². The van der Waals surface area contributed by atoms with E-state index in [1.54, 1.807) is 11.0 Å². The summed E-state index contributed by atoms with van der Waals surface area (Å²) in [6, 6.07) is 4.69. The molecule has 3 fully saturated rings. The van der Waals surface area contributed by atoms with E-state index in [0.29, 0.717) is 44.4 Å². The van der Waals surface area contributed by atoms with Crippen molar-refractivity contribution < 1.29 is 24.9 Å². The number of likely N-dealkylation sites (tertiary alicyclic amines) is 1. The van der Waals surface area contributed by atoms with E-state index >= 15 is 0 Å². The topological polar surface area (TPSA) is 101 Å². The van der Waals surface area contributed by atoms with Crippen molar-refractivity contribution in [2.75, 3.05) is 13.1 Å². The number of piperidine rings is 1. The lowest BCUT2D eigenvalue weighted by atomic mass is 9.64. The van der Waals surface area contributed by atoms with Gasteiger partial charge >= 0.3 is 0 Å². The summed E-state index contributed by atoms with van der Waals surface area (Å²) in [5.74, 6) is 0.275. The third-order valence-corrected chi connectivity index (χ3v) is 9.37. The van der Waals surface area contributed by atoms with Crippen LogP contribution in [0.15, 0.2) is 29.3 Å². The zero-order valence-electron chi connectivity index (χ0n) is 20.3. The van der Waals surface area contributed by atoms with Crippen LogP contribution >= 0.6 is 0 Å². The zero-order valence-corrected chi connectivity index (χ0v) is 20.3. The van der Waals surface area contributed by atoms with Crippen LogP contribution in [-0.4, -0.2) is 67.7 Å². The SMILES string of the molecule is O=C1C2=C(CCCC2)C(=O)N1[C@@H]1CCC2(O)C(CCN(CC3CC3)[C@@H]2Cc2ccc(O)c(O)c2)C1. The minimum Gasteiger partial charge on any atom is -0.504 e. The van der Waals surface area contributed by atoms with Gasteiger partial charge < -0.3 is 15.3 Å². The molecule has 4 atom stereocenters. The zero-order chi connectivity index (χ0) is 24.3. The highest BCUT2D eigenvalue weighted by atomic mass is 16.3. The number of fused-ring (bicyclic) bond motifs is 1. The lowest BCUT2D eigenvalue weighted by Crippen LogP contribution is -2.65. The van der Waals surface area contributed by atoms with Crippen LogP contribution in [0.1, 0.15) is 69.8 Å². The second-order valence-corrected chi connectivity index (χ2v) is 11.5. The molecule has 1 aromatic rings. The highest BCUT2D eigenvalue weighted by Crippen LogP contribution is 2.48. The number of hydrogen-bond donors (Lipinski definition) is 3. The molecular formula is C28H36N2O5. The molecule has 2 unspecified atom stereocenters. The number of hydrogen-bond acceptors (Lipinski definition) is 6. The predicted molar refractivity (Wildman–Crippen MR) is 130 cm³/mol. The smallest absolute Gasteiger partial charge is 0.257 e. The number of imide groups is 1. The van der Waals surface area contributed by atoms with Crippen LogP contribution in [0.25, 0.3) is 0 Å². The van der Waals surface area contributed by atoms with Crippen molar-refractivity contribution in [3.63, 3.8) is 0 Å². The van der Waals surface area contributed by atoms with Gasteiger partial charge in [0.2, 0.25) is 0 Å². The first-order valence-corrected chi connectivity index (χ1v) is 13.4. The Morgan fingerprint density at radius 3 is 2.31 bits per heavy atom. The summed E-state index contributed by atoms with van der Waals surface area (Å²) < 4.78 is 0. The van der Waals surface area contributed by atoms with E-state index in [1.165, 1.54) is 18.9 Å². The number of carbonyl (C=O) groups excluding carboxylic acids is 2. The lowest BCUT2D eigenvalue weighted by molar-refractivity contribution is -0.161. The molecule has 1 saturated heterocycles. The quantitative estimate of drug-likeness (QED) is 0.442. The van der Waals surface area contributed by atoms with E-state index in [4.69, 9.17) is 0 Å². The molecule has 0 bridgehead atoms. The van der Waals surface area contributed by atoms with Gasteiger partial charge in [-0.2, -0.15) is 0 Å². The predicted octanol–water partition coefficient (Wildman–Crippen LogP) is 3.26. The Morgan fingerprint density at radius 1 is 0.943 bits per heavy atom. The second kappa shape index (κ2) is 8.63. The van der Waals surface area contributed by atoms with E-state index in [9.17, 15) is 24.9 Å². The molecule has 35 heavy (non-hydrogen) atoms. The van der Waals surface area contributed by atoms with Crippen molar-refractivity contribution in [2.45, 2.75) is 88.3 Å². The third kappa shape index (κ3) is 3.97. The molecule has 6 rings (SSSR count). The van der Waals surface area contributed by atoms with Crippen molar-refractivity contribution >= 4 is 11.8 Å². The fourth-order valence-electron chi connectivity index (χ4n) is 7.25. The summed E-state index contributed by atoms with van der Waals surface area (Å²) in [6.45, 7) is 1.87. The molecule has 1 aromatic carbocycles. The van der Waals surface area contributed by atoms with Crippen LogP contribution in [0.4, 0.5) is 0 Å². The number of amides is 2. The molecule has 0 radical (unpaired) electrons. The first kappa shape index (κ1) is 23.0. The van der Waals surface area contributed by atoms with E-state index in [0.717, 1.165) is 49.1 Å². The summed E-state index contributed by atoms with van der Waals surface area (Å²) in [7, 11) is 0. The van der Waals surface area contributed by atoms with E-state index in [1.807, 2.05) is 6.07 Å². The largest absolute Gasteiger partial charge is 0.504 e. The third-order valence-electron chi connectivity index (χ3n) is 9.37. The molecule has 7 nitrogen and oxygen atoms in total. The van der Waals surface area contributed by atoms with Gasteiger partial charge in [-0.15, -0.1) is 0 Å². The maximum atomic E-state index is 13.2. The minimum atomic E-state index is -0.907. The Labute approximate surface area is 206 Å². The molecule has 5 aliphatic rings. The molecule has 2 heterocycles. The van der Waals surface area contributed by atoms with E-state index < -0.39 is 5.60 Å². The molecule has 3 aliphatic carbocycles. The van der Waals surface area contributed by atoms with Crippen LogP contribution < -0.4 is 0 Å². The summed E-state index contributed by atoms with van der Waals surface area (Å²) in [5.41, 5.74) is 1.47. The Bertz CT molecular complexity index is 1050. The Morgan fingerprint density at radius 2 is 1.66 bits per heavy atom. The summed E-state index contributed by atoms with van der Waals surface area (Å²) in [5, 5.41) is 32.0. The number of carbonyl (C=O) groups is 2. The van der Waals surface area contributed by atoms with Crippen LogP contribution in [0.5, 0.6) is 11.5 Å². The molecule has 3 N–H and O–H groups in total. The van der Waals surface area contributed by atoms with Gasteiger partial charge in [-0.1, -0.05) is 6.07 Å². The standard InChI is InChI=1S/C28H36N2O5/c31-23-8-7-18(13-24(23)32)14-25-28(35)11-9-20(15-19(28)10-12-29(25)16-17-5-6-17)30-26(33)21-3-1-2-4-22(21)27(30)34/h7-8,13,17,19-20,25,31-32,35H,1-6,9-12,14-16H2/t19?,20-,25-,28?/m1/s1. The maximum absolute atomic E-state index is 13.2. The van der Waals surface area contributed by atoms with Crippen molar-refractivity contribution in [1.29, 1.82) is 0 Å². The van der Waals surface area contributed by atoms with Gasteiger partial charge in [0.05, 0.1) is 5.60 Å². The summed E-state index contributed by atoms with van der Waals surface area (Å²) in [4.78, 5) is 30.3. The van der Waals surface area contributed by atoms with Gasteiger partial charge in [0.25, 0.3) is 11.8 Å². The van der Waals surface area contributed by atoms with Crippen LogP contribution in [-0.2, 0) is 16.0 Å². The average molecular weight is 481 g/mol. The van der Waals surface area contributed by atoms with Crippen LogP contribution in [0.2, 0.25) is 0 Å². The first-order chi connectivity index (χ1) is 16.8. The number of phenols is 2. The highest BCUT2D eigenvalue weighted by molar-refractivity contribution is 6.19. The fourth-order valence-corrected chi connectivity index (χ4v) is 7.25. The van der Waals surface area contributed by atoms with Gasteiger partial charge in [0.1, 0.15) is 0 Å². The number of rotatable bonds is 5. The minimum absolute atomic E-state index is 0.0191. The average Bonchev–Trinajstić information content (AvgIpc) is 3.63. The van der Waals surface area contributed by atoms with Gasteiger partial charge in [-0.25, -0.2) is 0 Å². The number of aromatic hydroxyl groups is 2. The molecule has 188 valence electrons. The van der Waals surface area contributed by atoms with E-state index in [2.05, 4.69) is 4.90 Å². The van der Waals surface area contributed by atoms with Crippen molar-refractivity contribution in [3.8, 4) is 11.5 Å². The monoisotopic (exact) mass is 480 g/mol.